The van der Waals surface area contributed by atoms with Crippen molar-refractivity contribution in [1.82, 2.24) is 4.90 Å². The lowest BCUT2D eigenvalue weighted by atomic mass is 10.0. The number of hydrogen-bond acceptors (Lipinski definition) is 7. The molecule has 10 heteroatoms. The number of carbonyl (C=O) groups excluding carboxylic acids is 3. The number of anilines is 1. The van der Waals surface area contributed by atoms with Crippen molar-refractivity contribution in [3.05, 3.63) is 76.4 Å². The van der Waals surface area contributed by atoms with Gasteiger partial charge in [-0.2, -0.15) is 0 Å². The number of methoxy groups -OCH3 is 1. The van der Waals surface area contributed by atoms with Crippen LogP contribution in [0.3, 0.4) is 0 Å². The molecule has 0 radical (unpaired) electrons. The van der Waals surface area contributed by atoms with Crippen LogP contribution in [-0.2, 0) is 9.59 Å². The van der Waals surface area contributed by atoms with Gasteiger partial charge >= 0.3 is 5.97 Å². The summed E-state index contributed by atoms with van der Waals surface area (Å²) >= 11 is 0.720. The van der Waals surface area contributed by atoms with Gasteiger partial charge in [-0.05, 0) is 72.8 Å². The topological polar surface area (TPSA) is 126 Å². The van der Waals surface area contributed by atoms with Crippen LogP contribution in [0.2, 0.25) is 0 Å². The number of furan rings is 1. The van der Waals surface area contributed by atoms with Crippen LogP contribution in [0, 0.1) is 6.92 Å². The number of carboxylic acids is 1. The van der Waals surface area contributed by atoms with Crippen molar-refractivity contribution in [2.75, 3.05) is 19.0 Å². The normalized spacial score (nSPS) is 14.5. The first-order chi connectivity index (χ1) is 16.7. The van der Waals surface area contributed by atoms with E-state index in [1.807, 2.05) is 0 Å². The summed E-state index contributed by atoms with van der Waals surface area (Å²) in [6.45, 7) is 1.35. The van der Waals surface area contributed by atoms with E-state index in [0.29, 0.717) is 34.1 Å². The van der Waals surface area contributed by atoms with E-state index >= 15 is 0 Å². The minimum absolute atomic E-state index is 0.131. The van der Waals surface area contributed by atoms with Gasteiger partial charge in [0.2, 0.25) is 5.91 Å². The van der Waals surface area contributed by atoms with E-state index < -0.39 is 29.6 Å². The zero-order chi connectivity index (χ0) is 25.1. The third-order valence-corrected chi connectivity index (χ3v) is 6.10. The summed E-state index contributed by atoms with van der Waals surface area (Å²) < 4.78 is 10.9. The molecular weight excluding hydrogens is 472 g/mol. The third-order valence-electron chi connectivity index (χ3n) is 5.19. The summed E-state index contributed by atoms with van der Waals surface area (Å²) in [5.41, 5.74) is 2.10. The van der Waals surface area contributed by atoms with Gasteiger partial charge < -0.3 is 19.6 Å². The number of benzene rings is 2. The molecule has 35 heavy (non-hydrogen) atoms. The Hall–Kier alpha value is -4.31. The van der Waals surface area contributed by atoms with E-state index in [1.54, 1.807) is 55.5 Å². The molecule has 1 fully saturated rings. The van der Waals surface area contributed by atoms with Crippen molar-refractivity contribution in [2.24, 2.45) is 0 Å². The molecule has 2 aromatic carbocycles. The van der Waals surface area contributed by atoms with Crippen LogP contribution in [0.5, 0.6) is 5.75 Å². The highest BCUT2D eigenvalue weighted by molar-refractivity contribution is 8.18. The van der Waals surface area contributed by atoms with Crippen LogP contribution >= 0.6 is 11.8 Å². The van der Waals surface area contributed by atoms with Crippen LogP contribution in [0.1, 0.15) is 21.7 Å². The maximum absolute atomic E-state index is 12.7. The van der Waals surface area contributed by atoms with Crippen molar-refractivity contribution in [1.29, 1.82) is 0 Å². The molecule has 1 saturated heterocycles. The molecule has 0 unspecified atom stereocenters. The summed E-state index contributed by atoms with van der Waals surface area (Å²) in [5.74, 6) is -0.663. The highest BCUT2D eigenvalue weighted by Gasteiger charge is 2.36. The summed E-state index contributed by atoms with van der Waals surface area (Å²) in [6.07, 6.45) is 1.44. The van der Waals surface area contributed by atoms with E-state index in [2.05, 4.69) is 5.32 Å². The first-order valence-electron chi connectivity index (χ1n) is 10.4. The number of nitrogens with zero attached hydrogens (tertiary/aromatic N) is 1. The number of nitrogens with one attached hydrogen (secondary N) is 1. The number of thioether (sulfide) groups is 1. The minimum atomic E-state index is -1.02. The second-order valence-corrected chi connectivity index (χ2v) is 8.57. The van der Waals surface area contributed by atoms with Crippen LogP contribution in [0.15, 0.2) is 63.9 Å². The van der Waals surface area contributed by atoms with Gasteiger partial charge in [0.1, 0.15) is 23.8 Å². The molecule has 0 aliphatic carbocycles. The number of amides is 3. The lowest BCUT2D eigenvalue weighted by molar-refractivity contribution is -0.127. The van der Waals surface area contributed by atoms with Crippen molar-refractivity contribution in [2.45, 2.75) is 6.92 Å². The van der Waals surface area contributed by atoms with Crippen LogP contribution in [0.25, 0.3) is 17.4 Å². The molecule has 0 saturated carbocycles. The number of aromatic carboxylic acids is 1. The number of carboxylic acid groups (broad SMARTS) is 1. The molecule has 3 amide bonds. The summed E-state index contributed by atoms with van der Waals surface area (Å²) in [4.78, 5) is 49.6. The number of imide groups is 1. The Kier molecular flexibility index (Phi) is 6.74. The smallest absolute Gasteiger partial charge is 0.335 e. The average molecular weight is 493 g/mol. The minimum Gasteiger partial charge on any atom is -0.497 e. The molecule has 178 valence electrons. The second-order valence-electron chi connectivity index (χ2n) is 7.58. The lowest BCUT2D eigenvalue weighted by Crippen LogP contribution is -2.36. The molecule has 1 aliphatic rings. The van der Waals surface area contributed by atoms with Gasteiger partial charge in [-0.15, -0.1) is 0 Å². The Bertz CT molecular complexity index is 1360. The fourth-order valence-electron chi connectivity index (χ4n) is 3.43. The van der Waals surface area contributed by atoms with Gasteiger partial charge in [0.05, 0.1) is 17.6 Å². The second kappa shape index (κ2) is 9.90. The SMILES string of the molecule is COc1ccc(NC(=O)CN2C(=O)S/C(=C\c3ccc(-c4ccc(C(=O)O)cc4C)o3)C2=O)cc1. The molecule has 0 bridgehead atoms. The molecule has 3 aromatic rings. The van der Waals surface area contributed by atoms with E-state index in [1.165, 1.54) is 19.3 Å². The maximum atomic E-state index is 12.7. The average Bonchev–Trinajstić information content (AvgIpc) is 3.39. The summed E-state index contributed by atoms with van der Waals surface area (Å²) in [5, 5.41) is 11.2. The van der Waals surface area contributed by atoms with Crippen molar-refractivity contribution in [3.63, 3.8) is 0 Å². The molecule has 9 nitrogen and oxygen atoms in total. The van der Waals surface area contributed by atoms with E-state index in [0.717, 1.165) is 16.7 Å². The molecule has 0 atom stereocenters. The fourth-order valence-corrected chi connectivity index (χ4v) is 4.25. The lowest BCUT2D eigenvalue weighted by Gasteiger charge is -2.12. The van der Waals surface area contributed by atoms with E-state index in [-0.39, 0.29) is 10.5 Å². The standard InChI is InChI=1S/C25H20N2O7S/c1-14-11-15(24(30)31)3-9-19(14)20-10-8-18(34-20)12-21-23(29)27(25(32)35-21)13-22(28)26-16-4-6-17(33-2)7-5-16/h3-12H,13H2,1-2H3,(H,26,28)(H,30,31)/b21-12-. The van der Waals surface area contributed by atoms with E-state index in [4.69, 9.17) is 14.3 Å². The van der Waals surface area contributed by atoms with Crippen LogP contribution in [0.4, 0.5) is 10.5 Å². The molecular formula is C25H20N2O7S. The van der Waals surface area contributed by atoms with Gasteiger partial charge in [0.15, 0.2) is 0 Å². The van der Waals surface area contributed by atoms with Gasteiger partial charge in [-0.25, -0.2) is 4.79 Å². The van der Waals surface area contributed by atoms with E-state index in [9.17, 15) is 19.2 Å². The zero-order valence-corrected chi connectivity index (χ0v) is 19.5. The molecule has 2 heterocycles. The number of carbonyl (C=O) groups is 4. The fraction of sp³-hybridized carbons (Fsp3) is 0.120. The van der Waals surface area contributed by atoms with Crippen molar-refractivity contribution < 1.29 is 33.4 Å². The molecule has 4 rings (SSSR count). The predicted octanol–water partition coefficient (Wildman–Crippen LogP) is 4.64. The molecule has 1 aliphatic heterocycles. The van der Waals surface area contributed by atoms with Gasteiger partial charge in [0.25, 0.3) is 11.1 Å². The van der Waals surface area contributed by atoms with Crippen LogP contribution < -0.4 is 10.1 Å². The Balaban J connectivity index is 1.44. The van der Waals surface area contributed by atoms with Crippen molar-refractivity contribution >= 4 is 46.5 Å². The summed E-state index contributed by atoms with van der Waals surface area (Å²) in [6, 6.07) is 14.7. The number of ether oxygens (including phenoxy) is 1. The van der Waals surface area contributed by atoms with Crippen molar-refractivity contribution in [3.8, 4) is 17.1 Å². The Morgan fingerprint density at radius 3 is 2.51 bits per heavy atom. The maximum Gasteiger partial charge on any atom is 0.335 e. The number of rotatable bonds is 7. The highest BCUT2D eigenvalue weighted by Crippen LogP contribution is 2.34. The Morgan fingerprint density at radius 2 is 1.86 bits per heavy atom. The zero-order valence-electron chi connectivity index (χ0n) is 18.7. The third kappa shape index (κ3) is 5.28. The quantitative estimate of drug-likeness (QED) is 0.457. The Labute approximate surface area is 204 Å². The predicted molar refractivity (Wildman–Crippen MR) is 130 cm³/mol. The highest BCUT2D eigenvalue weighted by atomic mass is 32.2. The van der Waals surface area contributed by atoms with Crippen LogP contribution in [-0.4, -0.2) is 46.7 Å². The first-order valence-corrected chi connectivity index (χ1v) is 11.2. The largest absolute Gasteiger partial charge is 0.497 e. The first kappa shape index (κ1) is 23.8. The monoisotopic (exact) mass is 492 g/mol. The van der Waals surface area contributed by atoms with Gasteiger partial charge in [-0.3, -0.25) is 19.3 Å². The molecule has 2 N–H and O–H groups in total. The number of aryl methyl sites for hydroxylation is 1. The molecule has 0 spiro atoms. The Morgan fingerprint density at radius 1 is 1.11 bits per heavy atom. The molecule has 1 aromatic heterocycles. The number of hydrogen-bond donors (Lipinski definition) is 2. The van der Waals surface area contributed by atoms with Gasteiger partial charge in [0, 0.05) is 17.3 Å². The van der Waals surface area contributed by atoms with Gasteiger partial charge in [-0.1, -0.05) is 6.07 Å². The summed E-state index contributed by atoms with van der Waals surface area (Å²) in [7, 11) is 1.53.